The van der Waals surface area contributed by atoms with E-state index in [9.17, 15) is 0 Å². The van der Waals surface area contributed by atoms with E-state index in [1.165, 1.54) is 16.5 Å². The quantitative estimate of drug-likeness (QED) is 0.188. The Morgan fingerprint density at radius 3 is 2.18 bits per heavy atom. The molecule has 3 aromatic heterocycles. The third-order valence-electron chi connectivity index (χ3n) is 5.50. The van der Waals surface area contributed by atoms with Crippen LogP contribution in [0.1, 0.15) is 11.1 Å². The van der Waals surface area contributed by atoms with Crippen LogP contribution < -0.4 is 0 Å². The molecule has 0 saturated heterocycles. The van der Waals surface area contributed by atoms with E-state index in [-0.39, 0.29) is 20.1 Å². The summed E-state index contributed by atoms with van der Waals surface area (Å²) >= 11 is 0. The summed E-state index contributed by atoms with van der Waals surface area (Å²) in [5.74, 6) is 0. The van der Waals surface area contributed by atoms with E-state index >= 15 is 0 Å². The first kappa shape index (κ1) is 23.6. The van der Waals surface area contributed by atoms with E-state index in [1.54, 1.807) is 12.4 Å². The molecule has 0 N–H and O–H groups in total. The molecule has 0 bridgehead atoms. The van der Waals surface area contributed by atoms with Gasteiger partial charge in [-0.3, -0.25) is 0 Å². The Kier molecular flexibility index (Phi) is 7.32. The zero-order valence-corrected chi connectivity index (χ0v) is 21.3. The Labute approximate surface area is 212 Å². The van der Waals surface area contributed by atoms with Crippen LogP contribution in [0.15, 0.2) is 102 Å². The molecular weight excluding hydrogens is 597 g/mol. The van der Waals surface area contributed by atoms with Gasteiger partial charge in [-0.25, -0.2) is 0 Å². The van der Waals surface area contributed by atoms with Crippen LogP contribution in [0.25, 0.3) is 44.5 Å². The van der Waals surface area contributed by atoms with Crippen LogP contribution >= 0.6 is 0 Å². The predicted octanol–water partition coefficient (Wildman–Crippen LogP) is 7.61. The molecule has 0 fully saturated rings. The van der Waals surface area contributed by atoms with Gasteiger partial charge in [-0.2, -0.15) is 0 Å². The normalized spacial score (nSPS) is 10.4. The van der Waals surface area contributed by atoms with Gasteiger partial charge < -0.3 is 14.4 Å². The Hall–Kier alpha value is -3.59. The zero-order valence-electron chi connectivity index (χ0n) is 18.9. The van der Waals surface area contributed by atoms with Crippen LogP contribution in [-0.4, -0.2) is 9.97 Å². The van der Waals surface area contributed by atoms with Crippen molar-refractivity contribution in [2.24, 2.45) is 0 Å². The number of furan rings is 1. The molecule has 0 saturated carbocycles. The van der Waals surface area contributed by atoms with Gasteiger partial charge in [0.25, 0.3) is 0 Å². The van der Waals surface area contributed by atoms with Crippen LogP contribution in [0.5, 0.6) is 0 Å². The number of aromatic nitrogens is 2. The molecule has 0 atom stereocenters. The van der Waals surface area contributed by atoms with Crippen molar-refractivity contribution in [3.63, 3.8) is 0 Å². The molecule has 3 heterocycles. The minimum absolute atomic E-state index is 0. The first-order chi connectivity index (χ1) is 16.2. The molecule has 169 valence electrons. The fraction of sp³-hybridized carbons (Fsp3) is 0.0667. The number of hydrogen-bond donors (Lipinski definition) is 0. The summed E-state index contributed by atoms with van der Waals surface area (Å²) in [4.78, 5) is 8.65. The van der Waals surface area contributed by atoms with E-state index in [0.717, 1.165) is 39.1 Å². The second-order valence-corrected chi connectivity index (χ2v) is 7.86. The average Bonchev–Trinajstić information content (AvgIpc) is 3.26. The second-order valence-electron chi connectivity index (χ2n) is 7.86. The summed E-state index contributed by atoms with van der Waals surface area (Å²) in [5, 5.41) is 2.30. The maximum atomic E-state index is 6.05. The molecule has 4 heteroatoms. The van der Waals surface area contributed by atoms with Gasteiger partial charge in [-0.05, 0) is 42.1 Å². The van der Waals surface area contributed by atoms with Gasteiger partial charge >= 0.3 is 0 Å². The summed E-state index contributed by atoms with van der Waals surface area (Å²) < 4.78 is 6.05. The number of rotatable bonds is 2. The summed E-state index contributed by atoms with van der Waals surface area (Å²) in [6, 6.07) is 34.4. The van der Waals surface area contributed by atoms with Gasteiger partial charge in [0.1, 0.15) is 5.58 Å². The maximum Gasteiger partial charge on any atom is 0.121 e. The molecule has 3 aromatic carbocycles. The number of aryl methyl sites for hydroxylation is 2. The van der Waals surface area contributed by atoms with E-state index in [2.05, 4.69) is 54.1 Å². The van der Waals surface area contributed by atoms with Crippen molar-refractivity contribution in [2.75, 3.05) is 0 Å². The van der Waals surface area contributed by atoms with Gasteiger partial charge in [-0.1, -0.05) is 54.3 Å². The molecular formula is C30H22IrN2O-2. The summed E-state index contributed by atoms with van der Waals surface area (Å²) in [7, 11) is 0. The van der Waals surface area contributed by atoms with Crippen molar-refractivity contribution in [3.05, 3.63) is 121 Å². The number of pyridine rings is 2. The molecule has 0 unspecified atom stereocenters. The van der Waals surface area contributed by atoms with Crippen molar-refractivity contribution in [3.8, 4) is 22.5 Å². The van der Waals surface area contributed by atoms with Gasteiger partial charge in [0.15, 0.2) is 0 Å². The van der Waals surface area contributed by atoms with Crippen molar-refractivity contribution < 1.29 is 24.5 Å². The Bertz CT molecular complexity index is 1510. The fourth-order valence-electron chi connectivity index (χ4n) is 3.85. The monoisotopic (exact) mass is 619 g/mol. The molecule has 0 aliphatic rings. The molecule has 0 amide bonds. The van der Waals surface area contributed by atoms with Crippen molar-refractivity contribution in [2.45, 2.75) is 13.8 Å². The number of nitrogens with zero attached hydrogens (tertiary/aromatic N) is 2. The molecule has 0 spiro atoms. The van der Waals surface area contributed by atoms with Crippen LogP contribution in [0.2, 0.25) is 0 Å². The standard InChI is InChI=1S/C18H12NO.C12H10N.Ir/c1-12-6-4-10-16-17(12)14-8-5-7-13(18(14)20-16)15-9-2-3-11-19-15;1-10-5-7-11(8-6-10)12-4-2-3-9-13-12;/h2-6,8-11H,1H3;2-7,9H,1H3;/q2*-1;. The average molecular weight is 619 g/mol. The van der Waals surface area contributed by atoms with Crippen LogP contribution in [0, 0.1) is 26.0 Å². The molecule has 34 heavy (non-hydrogen) atoms. The number of benzene rings is 3. The molecule has 0 aliphatic carbocycles. The Morgan fingerprint density at radius 2 is 1.50 bits per heavy atom. The summed E-state index contributed by atoms with van der Waals surface area (Å²) in [6.07, 6.45) is 3.58. The van der Waals surface area contributed by atoms with Crippen LogP contribution in [-0.2, 0) is 20.1 Å². The maximum absolute atomic E-state index is 6.05. The van der Waals surface area contributed by atoms with Crippen molar-refractivity contribution >= 4 is 21.9 Å². The summed E-state index contributed by atoms with van der Waals surface area (Å²) in [6.45, 7) is 4.16. The third kappa shape index (κ3) is 4.84. The number of hydrogen-bond acceptors (Lipinski definition) is 3. The second kappa shape index (κ2) is 10.6. The van der Waals surface area contributed by atoms with E-state index in [1.807, 2.05) is 66.7 Å². The predicted molar refractivity (Wildman–Crippen MR) is 134 cm³/mol. The molecule has 0 aliphatic heterocycles. The number of fused-ring (bicyclic) bond motifs is 3. The first-order valence-corrected chi connectivity index (χ1v) is 10.8. The molecule has 6 rings (SSSR count). The SMILES string of the molecule is Cc1c[c-]c(-c2ccccn2)cc1.Cc1cccc2oc3c(-c4ccccn4)[c-]ccc3c12.[Ir]. The van der Waals surface area contributed by atoms with E-state index in [4.69, 9.17) is 4.42 Å². The van der Waals surface area contributed by atoms with Crippen LogP contribution in [0.3, 0.4) is 0 Å². The van der Waals surface area contributed by atoms with Crippen molar-refractivity contribution in [1.82, 2.24) is 9.97 Å². The van der Waals surface area contributed by atoms with E-state index < -0.39 is 0 Å². The van der Waals surface area contributed by atoms with Gasteiger partial charge in [0, 0.05) is 37.9 Å². The van der Waals surface area contributed by atoms with E-state index in [0.29, 0.717) is 0 Å². The molecule has 3 nitrogen and oxygen atoms in total. The van der Waals surface area contributed by atoms with Gasteiger partial charge in [-0.15, -0.1) is 53.6 Å². The third-order valence-corrected chi connectivity index (χ3v) is 5.50. The smallest absolute Gasteiger partial charge is 0.121 e. The molecule has 6 aromatic rings. The minimum Gasteiger partial charge on any atom is -0.501 e. The topological polar surface area (TPSA) is 38.9 Å². The van der Waals surface area contributed by atoms with Crippen LogP contribution in [0.4, 0.5) is 0 Å². The van der Waals surface area contributed by atoms with Crippen molar-refractivity contribution in [1.29, 1.82) is 0 Å². The van der Waals surface area contributed by atoms with Gasteiger partial charge in [0.2, 0.25) is 0 Å². The first-order valence-electron chi connectivity index (χ1n) is 10.8. The minimum atomic E-state index is 0. The Morgan fingerprint density at radius 1 is 0.735 bits per heavy atom. The largest absolute Gasteiger partial charge is 0.501 e. The Balaban J connectivity index is 0.000000171. The molecule has 1 radical (unpaired) electrons. The van der Waals surface area contributed by atoms with Gasteiger partial charge in [0.05, 0.1) is 5.58 Å². The zero-order chi connectivity index (χ0) is 22.6. The summed E-state index contributed by atoms with van der Waals surface area (Å²) in [5.41, 5.74) is 8.04. The fourth-order valence-corrected chi connectivity index (χ4v) is 3.85.